The molecule has 0 spiro atoms. The Morgan fingerprint density at radius 2 is 2.19 bits per heavy atom. The van der Waals surface area contributed by atoms with Crippen LogP contribution in [0.4, 0.5) is 0 Å². The number of fused-ring (bicyclic) bond motifs is 1. The van der Waals surface area contributed by atoms with E-state index in [1.807, 2.05) is 0 Å². The second kappa shape index (κ2) is 4.41. The molecule has 0 saturated heterocycles. The fraction of sp³-hybridized carbons (Fsp3) is 0.364. The molecule has 4 nitrogen and oxygen atoms in total. The molecule has 0 radical (unpaired) electrons. The molecule has 0 bridgehead atoms. The normalized spacial score (nSPS) is 17.8. The number of rotatable bonds is 3. The number of cyclic esters (lactones) is 1. The number of halogens is 1. The number of hydrogen-bond donors (Lipinski definition) is 2. The summed E-state index contributed by atoms with van der Waals surface area (Å²) in [6, 6.07) is 4.89. The van der Waals surface area contributed by atoms with Crippen LogP contribution in [0.25, 0.3) is 0 Å². The minimum atomic E-state index is -1.09. The number of hydrogen-bond acceptors (Lipinski definition) is 4. The van der Waals surface area contributed by atoms with E-state index in [1.54, 1.807) is 12.1 Å². The van der Waals surface area contributed by atoms with Crippen LogP contribution in [0, 0.1) is 0 Å². The van der Waals surface area contributed by atoms with Gasteiger partial charge in [-0.2, -0.15) is 0 Å². The van der Waals surface area contributed by atoms with Gasteiger partial charge >= 0.3 is 5.97 Å². The molecule has 0 saturated carbocycles. The minimum Gasteiger partial charge on any atom is -0.457 e. The highest BCUT2D eigenvalue weighted by Crippen LogP contribution is 2.25. The fourth-order valence-corrected chi connectivity index (χ4v) is 1.79. The number of carbonyl (C=O) groups excluding carboxylic acids is 1. The van der Waals surface area contributed by atoms with E-state index in [9.17, 15) is 15.0 Å². The van der Waals surface area contributed by atoms with Crippen molar-refractivity contribution in [1.82, 2.24) is 0 Å². The average molecular weight is 243 g/mol. The molecule has 0 aliphatic carbocycles. The summed E-state index contributed by atoms with van der Waals surface area (Å²) in [5.41, 5.74) is 1.70. The molecule has 2 rings (SSSR count). The van der Waals surface area contributed by atoms with Crippen molar-refractivity contribution in [3.63, 3.8) is 0 Å². The topological polar surface area (TPSA) is 66.8 Å². The molecule has 5 heteroatoms. The molecule has 2 N–H and O–H groups in total. The summed E-state index contributed by atoms with van der Waals surface area (Å²) < 4.78 is 4.84. The van der Waals surface area contributed by atoms with Crippen molar-refractivity contribution >= 4 is 17.6 Å². The first kappa shape index (κ1) is 11.4. The highest BCUT2D eigenvalue weighted by atomic mass is 35.5. The molecule has 1 aliphatic rings. The van der Waals surface area contributed by atoms with Crippen molar-refractivity contribution in [1.29, 1.82) is 0 Å². The predicted molar refractivity (Wildman–Crippen MR) is 57.2 cm³/mol. The monoisotopic (exact) mass is 242 g/mol. The molecule has 0 aromatic heterocycles. The Morgan fingerprint density at radius 3 is 2.88 bits per heavy atom. The first-order valence-corrected chi connectivity index (χ1v) is 5.39. The van der Waals surface area contributed by atoms with Gasteiger partial charge < -0.3 is 14.9 Å². The van der Waals surface area contributed by atoms with Crippen LogP contribution in [0.15, 0.2) is 18.2 Å². The van der Waals surface area contributed by atoms with Gasteiger partial charge in [-0.25, -0.2) is 4.79 Å². The maximum Gasteiger partial charge on any atom is 0.338 e. The molecule has 86 valence electrons. The largest absolute Gasteiger partial charge is 0.457 e. The van der Waals surface area contributed by atoms with E-state index in [2.05, 4.69) is 0 Å². The molecule has 0 amide bonds. The standard InChI is InChI=1S/C11H11ClO4/c12-4-9(13)10(14)6-1-2-7-5-16-11(15)8(7)3-6/h1-3,9-10,13-14H,4-5H2. The van der Waals surface area contributed by atoms with Gasteiger partial charge in [-0.3, -0.25) is 0 Å². The third kappa shape index (κ3) is 1.91. The van der Waals surface area contributed by atoms with Crippen LogP contribution in [-0.2, 0) is 11.3 Å². The van der Waals surface area contributed by atoms with Crippen LogP contribution in [0.3, 0.4) is 0 Å². The third-order valence-corrected chi connectivity index (χ3v) is 2.89. The van der Waals surface area contributed by atoms with Gasteiger partial charge in [0.15, 0.2) is 0 Å². The van der Waals surface area contributed by atoms with Crippen LogP contribution in [-0.4, -0.2) is 28.2 Å². The summed E-state index contributed by atoms with van der Waals surface area (Å²) in [5.74, 6) is -0.465. The van der Waals surface area contributed by atoms with E-state index < -0.39 is 18.2 Å². The molecular weight excluding hydrogens is 232 g/mol. The van der Waals surface area contributed by atoms with Crippen molar-refractivity contribution in [2.75, 3.05) is 5.88 Å². The Labute approximate surface area is 97.4 Å². The number of aliphatic hydroxyl groups is 2. The molecule has 2 atom stereocenters. The Bertz CT molecular complexity index is 418. The number of ether oxygens (including phenoxy) is 1. The van der Waals surface area contributed by atoms with Crippen LogP contribution in [0.5, 0.6) is 0 Å². The van der Waals surface area contributed by atoms with Crippen LogP contribution in [0.2, 0.25) is 0 Å². The zero-order valence-electron chi connectivity index (χ0n) is 8.39. The lowest BCUT2D eigenvalue weighted by Gasteiger charge is -2.15. The van der Waals surface area contributed by atoms with Crippen LogP contribution in [0.1, 0.15) is 27.6 Å². The van der Waals surface area contributed by atoms with Crippen molar-refractivity contribution in [3.8, 4) is 0 Å². The third-order valence-electron chi connectivity index (χ3n) is 2.58. The van der Waals surface area contributed by atoms with E-state index in [-0.39, 0.29) is 12.5 Å². The van der Waals surface area contributed by atoms with E-state index >= 15 is 0 Å². The van der Waals surface area contributed by atoms with Gasteiger partial charge in [0, 0.05) is 5.56 Å². The van der Waals surface area contributed by atoms with Crippen LogP contribution < -0.4 is 0 Å². The summed E-state index contributed by atoms with van der Waals surface area (Å²) in [6.07, 6.45) is -2.13. The smallest absolute Gasteiger partial charge is 0.338 e. The summed E-state index contributed by atoms with van der Waals surface area (Å²) in [7, 11) is 0. The Kier molecular flexibility index (Phi) is 3.14. The van der Waals surface area contributed by atoms with Crippen molar-refractivity contribution in [3.05, 3.63) is 34.9 Å². The molecule has 1 heterocycles. The highest BCUT2D eigenvalue weighted by Gasteiger charge is 2.24. The van der Waals surface area contributed by atoms with Gasteiger partial charge in [0.25, 0.3) is 0 Å². The van der Waals surface area contributed by atoms with E-state index in [0.717, 1.165) is 5.56 Å². The zero-order valence-corrected chi connectivity index (χ0v) is 9.15. The van der Waals surface area contributed by atoms with Gasteiger partial charge in [0.1, 0.15) is 12.7 Å². The molecule has 0 fully saturated rings. The zero-order chi connectivity index (χ0) is 11.7. The number of benzene rings is 1. The second-order valence-electron chi connectivity index (χ2n) is 3.66. The summed E-state index contributed by atoms with van der Waals surface area (Å²) in [5, 5.41) is 19.1. The lowest BCUT2D eigenvalue weighted by Crippen LogP contribution is -2.19. The molecule has 1 aromatic carbocycles. The number of alkyl halides is 1. The second-order valence-corrected chi connectivity index (χ2v) is 3.97. The Balaban J connectivity index is 2.31. The maximum atomic E-state index is 11.3. The molecule has 2 unspecified atom stereocenters. The fourth-order valence-electron chi connectivity index (χ4n) is 1.62. The Hall–Kier alpha value is -1.10. The number of carbonyl (C=O) groups is 1. The quantitative estimate of drug-likeness (QED) is 0.613. The first-order valence-electron chi connectivity index (χ1n) is 4.85. The van der Waals surface area contributed by atoms with Gasteiger partial charge in [-0.15, -0.1) is 11.6 Å². The molecular formula is C11H11ClO4. The van der Waals surface area contributed by atoms with Gasteiger partial charge in [-0.05, 0) is 11.6 Å². The van der Waals surface area contributed by atoms with Crippen LogP contribution >= 0.6 is 11.6 Å². The van der Waals surface area contributed by atoms with Crippen molar-refractivity contribution < 1.29 is 19.7 Å². The SMILES string of the molecule is O=C1OCc2ccc(C(O)C(O)CCl)cc21. The van der Waals surface area contributed by atoms with Gasteiger partial charge in [-0.1, -0.05) is 12.1 Å². The minimum absolute atomic E-state index is 0.0668. The summed E-state index contributed by atoms with van der Waals surface area (Å²) in [4.78, 5) is 11.3. The van der Waals surface area contributed by atoms with E-state index in [4.69, 9.17) is 16.3 Å². The average Bonchev–Trinajstić information content (AvgIpc) is 2.68. The van der Waals surface area contributed by atoms with E-state index in [0.29, 0.717) is 11.1 Å². The molecule has 1 aromatic rings. The summed E-state index contributed by atoms with van der Waals surface area (Å²) >= 11 is 5.44. The Morgan fingerprint density at radius 1 is 1.44 bits per heavy atom. The van der Waals surface area contributed by atoms with Gasteiger partial charge in [0.05, 0.1) is 17.5 Å². The molecule has 1 aliphatic heterocycles. The number of esters is 1. The highest BCUT2D eigenvalue weighted by molar-refractivity contribution is 6.18. The predicted octanol–water partition coefficient (Wildman–Crippen LogP) is 0.990. The molecule has 16 heavy (non-hydrogen) atoms. The lowest BCUT2D eigenvalue weighted by molar-refractivity contribution is 0.0326. The number of aliphatic hydroxyl groups excluding tert-OH is 2. The first-order chi connectivity index (χ1) is 7.63. The van der Waals surface area contributed by atoms with Crippen molar-refractivity contribution in [2.24, 2.45) is 0 Å². The van der Waals surface area contributed by atoms with Gasteiger partial charge in [0.2, 0.25) is 0 Å². The van der Waals surface area contributed by atoms with E-state index in [1.165, 1.54) is 6.07 Å². The maximum absolute atomic E-state index is 11.3. The lowest BCUT2D eigenvalue weighted by atomic mass is 10.00. The summed E-state index contributed by atoms with van der Waals surface area (Å²) in [6.45, 7) is 0.266. The van der Waals surface area contributed by atoms with Crippen molar-refractivity contribution in [2.45, 2.75) is 18.8 Å².